The SMILES string of the molecule is O=C(O)c1ccc(S(=O)(=O)Nc2cccc(-c3cc(-c4cc(Cc5ccccc5)cc5c4Cc4ccccc4-5)nc4c(C(F)(F)F)cccc34)c2)cc1. The number of rotatable bonds is 8. The highest BCUT2D eigenvalue weighted by atomic mass is 32.2. The molecule has 2 N–H and O–H groups in total. The van der Waals surface area contributed by atoms with Crippen LogP contribution in [0.4, 0.5) is 18.9 Å². The predicted octanol–water partition coefficient (Wildman–Crippen LogP) is 10.2. The first-order valence-electron chi connectivity index (χ1n) is 16.7. The standard InChI is InChI=1S/C43H29F3N2O4S/c44-43(45,46)39-15-7-14-34-35(29-11-6-12-31(23-29)48-53(51,52)32-18-16-28(17-19-32)42(49)50)25-40(47-41(34)39)38-22-27(20-26-8-2-1-3-9-26)21-36-33-13-5-4-10-30(33)24-37(36)38/h1-19,21-23,25,48H,20,24H2,(H,49,50). The van der Waals surface area contributed by atoms with E-state index in [4.69, 9.17) is 4.98 Å². The van der Waals surface area contributed by atoms with Gasteiger partial charge in [-0.25, -0.2) is 18.2 Å². The van der Waals surface area contributed by atoms with Gasteiger partial charge in [0.05, 0.1) is 27.2 Å². The summed E-state index contributed by atoms with van der Waals surface area (Å²) in [7, 11) is -4.14. The van der Waals surface area contributed by atoms with Gasteiger partial charge >= 0.3 is 12.1 Å². The number of nitrogens with one attached hydrogen (secondary N) is 1. The van der Waals surface area contributed by atoms with Gasteiger partial charge in [-0.2, -0.15) is 13.2 Å². The molecule has 0 spiro atoms. The first-order valence-corrected chi connectivity index (χ1v) is 18.2. The molecule has 6 nitrogen and oxygen atoms in total. The van der Waals surface area contributed by atoms with Crippen LogP contribution in [0.2, 0.25) is 0 Å². The van der Waals surface area contributed by atoms with Crippen LogP contribution in [0.3, 0.4) is 0 Å². The summed E-state index contributed by atoms with van der Waals surface area (Å²) in [6.45, 7) is 0. The van der Waals surface area contributed by atoms with E-state index < -0.39 is 27.7 Å². The smallest absolute Gasteiger partial charge is 0.418 e. The van der Waals surface area contributed by atoms with E-state index in [1.54, 1.807) is 30.3 Å². The number of fused-ring (bicyclic) bond motifs is 4. The number of aromatic nitrogens is 1. The normalized spacial score (nSPS) is 12.4. The molecule has 0 unspecified atom stereocenters. The number of para-hydroxylation sites is 1. The molecule has 0 fully saturated rings. The summed E-state index contributed by atoms with van der Waals surface area (Å²) in [5, 5.41) is 9.47. The maximum Gasteiger partial charge on any atom is 0.418 e. The monoisotopic (exact) mass is 726 g/mol. The fourth-order valence-corrected chi connectivity index (χ4v) is 8.10. The number of sulfonamides is 1. The minimum atomic E-state index is -4.69. The molecule has 0 bridgehead atoms. The van der Waals surface area contributed by atoms with Gasteiger partial charge in [-0.15, -0.1) is 0 Å². The molecule has 10 heteroatoms. The van der Waals surface area contributed by atoms with Gasteiger partial charge in [-0.05, 0) is 112 Å². The number of benzene rings is 6. The number of carboxylic acids is 1. The van der Waals surface area contributed by atoms with Crippen LogP contribution >= 0.6 is 0 Å². The van der Waals surface area contributed by atoms with Crippen molar-refractivity contribution in [3.05, 3.63) is 173 Å². The molecule has 0 atom stereocenters. The minimum Gasteiger partial charge on any atom is -0.478 e. The molecule has 1 aliphatic carbocycles. The molecule has 1 aliphatic rings. The molecule has 0 aliphatic heterocycles. The van der Waals surface area contributed by atoms with Gasteiger partial charge in [0.15, 0.2) is 0 Å². The Morgan fingerprint density at radius 2 is 1.43 bits per heavy atom. The lowest BCUT2D eigenvalue weighted by atomic mass is 9.91. The van der Waals surface area contributed by atoms with Crippen LogP contribution < -0.4 is 4.72 Å². The van der Waals surface area contributed by atoms with E-state index >= 15 is 0 Å². The third kappa shape index (κ3) is 6.53. The third-order valence-corrected chi connectivity index (χ3v) is 10.9. The molecule has 0 amide bonds. The average Bonchev–Trinajstić information content (AvgIpc) is 3.52. The van der Waals surface area contributed by atoms with Gasteiger partial charge in [0.25, 0.3) is 10.0 Å². The molecule has 0 saturated carbocycles. The fraction of sp³-hybridized carbons (Fsp3) is 0.0698. The molecule has 1 aromatic heterocycles. The summed E-state index contributed by atoms with van der Waals surface area (Å²) in [5.74, 6) is -1.19. The summed E-state index contributed by atoms with van der Waals surface area (Å²) in [5.41, 5.74) is 7.30. The number of nitrogens with zero attached hydrogens (tertiary/aromatic N) is 1. The second-order valence-corrected chi connectivity index (χ2v) is 14.6. The first kappa shape index (κ1) is 33.9. The molecular weight excluding hydrogens is 698 g/mol. The number of hydrogen-bond donors (Lipinski definition) is 2. The first-order chi connectivity index (χ1) is 25.4. The van der Waals surface area contributed by atoms with E-state index in [2.05, 4.69) is 22.9 Å². The van der Waals surface area contributed by atoms with Crippen molar-refractivity contribution >= 4 is 32.6 Å². The average molecular weight is 727 g/mol. The summed E-state index contributed by atoms with van der Waals surface area (Å²) in [6.07, 6.45) is -3.49. The van der Waals surface area contributed by atoms with Crippen molar-refractivity contribution in [2.75, 3.05) is 4.72 Å². The Hall–Kier alpha value is -6.26. The van der Waals surface area contributed by atoms with Crippen LogP contribution in [0.5, 0.6) is 0 Å². The van der Waals surface area contributed by atoms with E-state index in [-0.39, 0.29) is 27.0 Å². The molecule has 53 heavy (non-hydrogen) atoms. The van der Waals surface area contributed by atoms with E-state index in [0.717, 1.165) is 45.0 Å². The van der Waals surface area contributed by atoms with Gasteiger partial charge in [-0.1, -0.05) is 84.9 Å². The minimum absolute atomic E-state index is 0.0651. The number of alkyl halides is 3. The second kappa shape index (κ2) is 13.1. The van der Waals surface area contributed by atoms with Crippen LogP contribution in [0.25, 0.3) is 44.4 Å². The largest absolute Gasteiger partial charge is 0.478 e. The lowest BCUT2D eigenvalue weighted by Crippen LogP contribution is -2.13. The number of anilines is 1. The number of pyridine rings is 1. The second-order valence-electron chi connectivity index (χ2n) is 12.9. The highest BCUT2D eigenvalue weighted by Crippen LogP contribution is 2.45. The van der Waals surface area contributed by atoms with Gasteiger partial charge in [0.1, 0.15) is 0 Å². The van der Waals surface area contributed by atoms with Crippen LogP contribution in [0.15, 0.2) is 144 Å². The van der Waals surface area contributed by atoms with E-state index in [0.29, 0.717) is 29.7 Å². The molecule has 8 rings (SSSR count). The van der Waals surface area contributed by atoms with Gasteiger partial charge < -0.3 is 5.11 Å². The number of carboxylic acid groups (broad SMARTS) is 1. The van der Waals surface area contributed by atoms with Crippen molar-refractivity contribution in [1.82, 2.24) is 4.98 Å². The molecule has 1 heterocycles. The Labute approximate surface area is 303 Å². The van der Waals surface area contributed by atoms with Crippen molar-refractivity contribution < 1.29 is 31.5 Å². The molecule has 0 radical (unpaired) electrons. The molecule has 262 valence electrons. The summed E-state index contributed by atoms with van der Waals surface area (Å²) in [6, 6.07) is 39.2. The maximum absolute atomic E-state index is 14.6. The Morgan fingerprint density at radius 1 is 0.717 bits per heavy atom. The summed E-state index contributed by atoms with van der Waals surface area (Å²) < 4.78 is 73.0. The van der Waals surface area contributed by atoms with Crippen LogP contribution in [-0.4, -0.2) is 24.5 Å². The highest BCUT2D eigenvalue weighted by molar-refractivity contribution is 7.92. The number of carbonyl (C=O) groups is 1. The van der Waals surface area contributed by atoms with Crippen molar-refractivity contribution in [1.29, 1.82) is 0 Å². The molecular formula is C43H29F3N2O4S. The molecule has 0 saturated heterocycles. The van der Waals surface area contributed by atoms with Crippen LogP contribution in [-0.2, 0) is 29.0 Å². The Morgan fingerprint density at radius 3 is 2.19 bits per heavy atom. The zero-order valence-corrected chi connectivity index (χ0v) is 28.7. The number of aromatic carboxylic acids is 1. The summed E-state index contributed by atoms with van der Waals surface area (Å²) in [4.78, 5) is 15.9. The summed E-state index contributed by atoms with van der Waals surface area (Å²) >= 11 is 0. The van der Waals surface area contributed by atoms with Crippen molar-refractivity contribution in [2.24, 2.45) is 0 Å². The lowest BCUT2D eigenvalue weighted by molar-refractivity contribution is -0.136. The van der Waals surface area contributed by atoms with Crippen molar-refractivity contribution in [3.63, 3.8) is 0 Å². The zero-order chi connectivity index (χ0) is 36.9. The molecule has 7 aromatic rings. The van der Waals surface area contributed by atoms with Gasteiger partial charge in [0.2, 0.25) is 0 Å². The van der Waals surface area contributed by atoms with Gasteiger partial charge in [-0.3, -0.25) is 4.72 Å². The highest BCUT2D eigenvalue weighted by Gasteiger charge is 2.34. The Kier molecular flexibility index (Phi) is 8.34. The predicted molar refractivity (Wildman–Crippen MR) is 199 cm³/mol. The fourth-order valence-electron chi connectivity index (χ4n) is 7.05. The Bertz CT molecular complexity index is 2680. The number of hydrogen-bond acceptors (Lipinski definition) is 4. The van der Waals surface area contributed by atoms with Crippen LogP contribution in [0, 0.1) is 0 Å². The third-order valence-electron chi connectivity index (χ3n) is 9.49. The van der Waals surface area contributed by atoms with Crippen molar-refractivity contribution in [3.8, 4) is 33.5 Å². The topological polar surface area (TPSA) is 96.4 Å². The maximum atomic E-state index is 14.6. The lowest BCUT2D eigenvalue weighted by Gasteiger charge is -2.18. The van der Waals surface area contributed by atoms with E-state index in [1.165, 1.54) is 36.4 Å². The van der Waals surface area contributed by atoms with E-state index in [9.17, 15) is 31.5 Å². The zero-order valence-electron chi connectivity index (χ0n) is 27.9. The Balaban J connectivity index is 1.30. The van der Waals surface area contributed by atoms with Gasteiger partial charge in [0, 0.05) is 16.6 Å². The number of halogens is 3. The van der Waals surface area contributed by atoms with Crippen LogP contribution in [0.1, 0.15) is 38.2 Å². The molecule has 6 aromatic carbocycles. The van der Waals surface area contributed by atoms with E-state index in [1.807, 2.05) is 48.5 Å². The quantitative estimate of drug-likeness (QED) is 0.163. The van der Waals surface area contributed by atoms with Crippen molar-refractivity contribution in [2.45, 2.75) is 23.9 Å².